The van der Waals surface area contributed by atoms with Crippen LogP contribution in [0.1, 0.15) is 245 Å². The van der Waals surface area contributed by atoms with Crippen molar-refractivity contribution in [3.63, 3.8) is 0 Å². The molecule has 19 heteroatoms. The third-order valence-corrected chi connectivity index (χ3v) is 17.7. The summed E-state index contributed by atoms with van der Waals surface area (Å²) in [4.78, 5) is 13.3. The van der Waals surface area contributed by atoms with Crippen molar-refractivity contribution in [3.8, 4) is 0 Å². The highest BCUT2D eigenvalue weighted by Gasteiger charge is 2.53. The number of carbonyl (C=O) groups excluding carboxylic acids is 1. The second-order valence-electron chi connectivity index (χ2n) is 25.7. The number of unbranched alkanes of at least 4 members (excludes halogenated alkanes) is 25. The Morgan fingerprint density at radius 2 is 0.742 bits per heavy atom. The lowest BCUT2D eigenvalue weighted by atomic mass is 9.96. The van der Waals surface area contributed by atoms with Crippen molar-refractivity contribution in [3.05, 3.63) is 85.1 Å². The highest BCUT2D eigenvalue weighted by atomic mass is 16.8. The molecule has 17 unspecified atom stereocenters. The maximum atomic E-state index is 13.3. The monoisotopic (exact) mass is 1320 g/mol. The average Bonchev–Trinajstić information content (AvgIpc) is 0.798. The van der Waals surface area contributed by atoms with Crippen molar-refractivity contribution in [1.29, 1.82) is 0 Å². The first-order chi connectivity index (χ1) is 45.3. The van der Waals surface area contributed by atoms with Gasteiger partial charge in [-0.05, 0) is 70.6 Å². The average molecular weight is 1320 g/mol. The predicted octanol–water partition coefficient (Wildman–Crippen LogP) is 10.3. The molecule has 538 valence electrons. The Balaban J connectivity index is 1.24. The minimum atomic E-state index is -1.97. The van der Waals surface area contributed by atoms with E-state index in [9.17, 15) is 61.0 Å². The van der Waals surface area contributed by atoms with Gasteiger partial charge in [0.05, 0.1) is 38.6 Å². The molecule has 3 aliphatic heterocycles. The third kappa shape index (κ3) is 36.4. The smallest absolute Gasteiger partial charge is 0.220 e. The Hall–Kier alpha value is -3.03. The van der Waals surface area contributed by atoms with Crippen LogP contribution in [0.15, 0.2) is 85.1 Å². The summed E-state index contributed by atoms with van der Waals surface area (Å²) in [6.45, 7) is 1.61. The van der Waals surface area contributed by atoms with E-state index in [1.807, 2.05) is 0 Å². The molecule has 0 aromatic rings. The summed E-state index contributed by atoms with van der Waals surface area (Å²) in [5.41, 5.74) is 0. The lowest BCUT2D eigenvalue weighted by molar-refractivity contribution is -0.379. The molecular weight excluding hydrogens is 1190 g/mol. The number of aliphatic hydroxyl groups is 11. The van der Waals surface area contributed by atoms with Gasteiger partial charge in [-0.1, -0.05) is 253 Å². The first kappa shape index (κ1) is 84.2. The maximum absolute atomic E-state index is 13.3. The zero-order chi connectivity index (χ0) is 67.5. The summed E-state index contributed by atoms with van der Waals surface area (Å²) in [5.74, 6) is -0.247. The molecular formula is C74H129NO18. The van der Waals surface area contributed by atoms with Gasteiger partial charge in [0, 0.05) is 6.42 Å². The first-order valence-corrected chi connectivity index (χ1v) is 36.3. The summed E-state index contributed by atoms with van der Waals surface area (Å²) in [5, 5.41) is 120. The van der Waals surface area contributed by atoms with Crippen LogP contribution in [0.5, 0.6) is 0 Å². The molecule has 3 rings (SSSR count). The van der Waals surface area contributed by atoms with Crippen LogP contribution >= 0.6 is 0 Å². The number of hydrogen-bond acceptors (Lipinski definition) is 18. The van der Waals surface area contributed by atoms with E-state index in [0.29, 0.717) is 12.8 Å². The number of carbonyl (C=O) groups is 1. The van der Waals surface area contributed by atoms with Crippen LogP contribution in [0.4, 0.5) is 0 Å². The molecule has 0 bridgehead atoms. The van der Waals surface area contributed by atoms with Crippen molar-refractivity contribution >= 4 is 5.91 Å². The van der Waals surface area contributed by atoms with Gasteiger partial charge in [0.25, 0.3) is 0 Å². The fourth-order valence-electron chi connectivity index (χ4n) is 11.9. The molecule has 12 N–H and O–H groups in total. The molecule has 0 aliphatic carbocycles. The molecule has 0 spiro atoms. The molecule has 19 nitrogen and oxygen atoms in total. The van der Waals surface area contributed by atoms with Crippen molar-refractivity contribution in [1.82, 2.24) is 5.32 Å². The lowest BCUT2D eigenvalue weighted by Gasteiger charge is -2.48. The van der Waals surface area contributed by atoms with E-state index in [-0.39, 0.29) is 18.9 Å². The second kappa shape index (κ2) is 54.9. The summed E-state index contributed by atoms with van der Waals surface area (Å²) in [7, 11) is 0. The Bertz CT molecular complexity index is 2010. The normalized spacial score (nSPS) is 28.0. The Labute approximate surface area is 559 Å². The van der Waals surface area contributed by atoms with Crippen molar-refractivity contribution in [2.75, 3.05) is 26.4 Å². The maximum Gasteiger partial charge on any atom is 0.220 e. The van der Waals surface area contributed by atoms with Crippen LogP contribution in [0.3, 0.4) is 0 Å². The van der Waals surface area contributed by atoms with E-state index in [1.54, 1.807) is 0 Å². The zero-order valence-corrected chi connectivity index (χ0v) is 57.0. The zero-order valence-electron chi connectivity index (χ0n) is 57.0. The van der Waals surface area contributed by atoms with Gasteiger partial charge < -0.3 is 89.9 Å². The minimum absolute atomic E-state index is 0.247. The van der Waals surface area contributed by atoms with Crippen molar-refractivity contribution in [2.24, 2.45) is 0 Å². The highest BCUT2D eigenvalue weighted by molar-refractivity contribution is 5.76. The van der Waals surface area contributed by atoms with E-state index in [4.69, 9.17) is 28.4 Å². The van der Waals surface area contributed by atoms with Gasteiger partial charge in [-0.15, -0.1) is 0 Å². The van der Waals surface area contributed by atoms with E-state index >= 15 is 0 Å². The molecule has 93 heavy (non-hydrogen) atoms. The van der Waals surface area contributed by atoms with Crippen LogP contribution in [0.2, 0.25) is 0 Å². The molecule has 0 radical (unpaired) electrons. The summed E-state index contributed by atoms with van der Waals surface area (Å²) in [6, 6.07) is -0.886. The molecule has 0 aromatic carbocycles. The topological polar surface area (TPSA) is 307 Å². The lowest BCUT2D eigenvalue weighted by Crippen LogP contribution is -2.66. The van der Waals surface area contributed by atoms with Gasteiger partial charge >= 0.3 is 0 Å². The molecule has 3 aliphatic rings. The molecule has 0 aromatic heterocycles. The van der Waals surface area contributed by atoms with Crippen molar-refractivity contribution < 1.29 is 89.4 Å². The molecule has 17 atom stereocenters. The predicted molar refractivity (Wildman–Crippen MR) is 364 cm³/mol. The molecule has 3 heterocycles. The quantitative estimate of drug-likeness (QED) is 0.0199. The Morgan fingerprint density at radius 1 is 0.398 bits per heavy atom. The molecule has 0 saturated carbocycles. The van der Waals surface area contributed by atoms with E-state index in [0.717, 1.165) is 103 Å². The summed E-state index contributed by atoms with van der Waals surface area (Å²) >= 11 is 0. The van der Waals surface area contributed by atoms with Crippen molar-refractivity contribution in [2.45, 2.75) is 349 Å². The molecule has 1 amide bonds. The van der Waals surface area contributed by atoms with E-state index < -0.39 is 124 Å². The van der Waals surface area contributed by atoms with Gasteiger partial charge in [0.15, 0.2) is 18.9 Å². The second-order valence-corrected chi connectivity index (χ2v) is 25.7. The minimum Gasteiger partial charge on any atom is -0.394 e. The Kier molecular flexibility index (Phi) is 49.7. The number of nitrogens with one attached hydrogen (secondary N) is 1. The van der Waals surface area contributed by atoms with Gasteiger partial charge in [0.2, 0.25) is 5.91 Å². The highest BCUT2D eigenvalue weighted by Crippen LogP contribution is 2.33. The van der Waals surface area contributed by atoms with Gasteiger partial charge in [0.1, 0.15) is 73.2 Å². The number of rotatable bonds is 55. The number of allylic oxidation sites excluding steroid dienone is 14. The van der Waals surface area contributed by atoms with Crippen LogP contribution in [-0.2, 0) is 33.2 Å². The number of aliphatic hydroxyl groups excluding tert-OH is 11. The third-order valence-electron chi connectivity index (χ3n) is 17.7. The fourth-order valence-corrected chi connectivity index (χ4v) is 11.9. The van der Waals surface area contributed by atoms with Crippen LogP contribution in [0.25, 0.3) is 0 Å². The van der Waals surface area contributed by atoms with E-state index in [1.165, 1.54) is 109 Å². The van der Waals surface area contributed by atoms with Gasteiger partial charge in [-0.2, -0.15) is 0 Å². The summed E-state index contributed by atoms with van der Waals surface area (Å²) in [6.07, 6.45) is 44.6. The van der Waals surface area contributed by atoms with Crippen LogP contribution in [0, 0.1) is 0 Å². The summed E-state index contributed by atoms with van der Waals surface area (Å²) < 4.78 is 34.3. The van der Waals surface area contributed by atoms with E-state index in [2.05, 4.69) is 104 Å². The van der Waals surface area contributed by atoms with Crippen LogP contribution < -0.4 is 5.32 Å². The standard InChI is InChI=1S/C74H129NO18/c1-3-5-7-9-11-12-13-14-15-16-17-18-19-20-21-22-23-24-25-26-27-28-29-30-31-32-33-34-35-36-37-38-39-40-41-42-43-44-46-48-50-52-62(80)75-57(58(79)51-49-47-45-10-8-6-4-2)56-88-72-68(86)65(83)70(60(54-77)90-72)93-74-69(87)66(84)71(61(55-78)91-74)92-73-67(85)64(82)63(81)59(53-76)89-73/h5,7,11-12,14-15,17-18,20-21,23-24,26-27,57-61,63-74,76-79,81-87H,3-4,6,8-10,13,16,19,22,25,28-56H2,1-2H3,(H,75,80)/b7-5-,12-11-,15-14-,18-17-,21-20-,24-23-,27-26-. The fraction of sp³-hybridized carbons (Fsp3) is 0.797. The van der Waals surface area contributed by atoms with Gasteiger partial charge in [-0.25, -0.2) is 0 Å². The first-order valence-electron chi connectivity index (χ1n) is 36.3. The molecule has 3 fully saturated rings. The van der Waals surface area contributed by atoms with Gasteiger partial charge in [-0.3, -0.25) is 4.79 Å². The Morgan fingerprint density at radius 3 is 1.16 bits per heavy atom. The number of ether oxygens (including phenoxy) is 6. The number of amides is 1. The van der Waals surface area contributed by atoms with Crippen LogP contribution in [-0.4, -0.2) is 193 Å². The molecule has 3 saturated heterocycles. The largest absolute Gasteiger partial charge is 0.394 e. The number of hydrogen-bond donors (Lipinski definition) is 12. The SMILES string of the molecule is CC/C=C\C/C=C\C/C=C\C/C=C\C/C=C\C/C=C\C/C=C\CCCCCCCCCCCCCCCCCCCCCC(=O)NC(COC1OC(CO)C(OC2OC(CO)C(OC3OC(CO)C(O)C(O)C3O)C(O)C2O)C(O)C1O)C(O)CCCCCCCCC.